The van der Waals surface area contributed by atoms with Gasteiger partial charge in [-0.25, -0.2) is 4.79 Å². The number of hydrogen-bond acceptors (Lipinski definition) is 3. The molecule has 0 saturated carbocycles. The maximum absolute atomic E-state index is 12.2. The van der Waals surface area contributed by atoms with Gasteiger partial charge in [0.1, 0.15) is 5.60 Å². The van der Waals surface area contributed by atoms with Crippen LogP contribution in [-0.2, 0) is 17.7 Å². The van der Waals surface area contributed by atoms with Gasteiger partial charge in [-0.2, -0.15) is 0 Å². The summed E-state index contributed by atoms with van der Waals surface area (Å²) >= 11 is 12.5. The predicted octanol–water partition coefficient (Wildman–Crippen LogP) is 4.49. The average molecular weight is 344 g/mol. The largest absolute Gasteiger partial charge is 0.444 e. The number of halogens is 2. The highest BCUT2D eigenvalue weighted by atomic mass is 35.5. The van der Waals surface area contributed by atoms with Crippen molar-refractivity contribution in [2.45, 2.75) is 46.3 Å². The maximum atomic E-state index is 12.2. The summed E-state index contributed by atoms with van der Waals surface area (Å²) in [5.41, 5.74) is 1.56. The molecule has 0 radical (unpaired) electrons. The fourth-order valence-electron chi connectivity index (χ4n) is 2.46. The van der Waals surface area contributed by atoms with E-state index in [0.29, 0.717) is 35.1 Å². The van der Waals surface area contributed by atoms with E-state index < -0.39 is 5.60 Å². The van der Waals surface area contributed by atoms with Crippen LogP contribution in [0.5, 0.6) is 0 Å². The summed E-state index contributed by atoms with van der Waals surface area (Å²) in [5.74, 6) is -0.160. The van der Waals surface area contributed by atoms with Crippen LogP contribution < -0.4 is 0 Å². The minimum atomic E-state index is -0.537. The topological polar surface area (TPSA) is 46.6 Å². The SMILES string of the molecule is CC(=O)c1c(Cl)cc2c(c1Cl)CCN(C(=O)OC(C)(C)C)C2. The quantitative estimate of drug-likeness (QED) is 0.705. The van der Waals surface area contributed by atoms with Crippen LogP contribution in [0.2, 0.25) is 10.0 Å². The van der Waals surface area contributed by atoms with Crippen molar-refractivity contribution in [2.24, 2.45) is 0 Å². The van der Waals surface area contributed by atoms with E-state index in [4.69, 9.17) is 27.9 Å². The van der Waals surface area contributed by atoms with Crippen LogP contribution in [0.3, 0.4) is 0 Å². The number of ether oxygens (including phenoxy) is 1. The molecule has 0 spiro atoms. The van der Waals surface area contributed by atoms with Crippen molar-refractivity contribution in [1.82, 2.24) is 4.90 Å². The first kappa shape index (κ1) is 17.1. The second-order valence-electron chi connectivity index (χ2n) is 6.39. The third-order valence-corrected chi connectivity index (χ3v) is 4.12. The summed E-state index contributed by atoms with van der Waals surface area (Å²) in [6.07, 6.45) is 0.214. The molecule has 1 aromatic carbocycles. The highest BCUT2D eigenvalue weighted by Gasteiger charge is 2.28. The van der Waals surface area contributed by atoms with Crippen LogP contribution in [-0.4, -0.2) is 28.9 Å². The van der Waals surface area contributed by atoms with E-state index >= 15 is 0 Å². The Morgan fingerprint density at radius 1 is 1.27 bits per heavy atom. The molecule has 2 rings (SSSR count). The Morgan fingerprint density at radius 3 is 2.45 bits per heavy atom. The van der Waals surface area contributed by atoms with Gasteiger partial charge >= 0.3 is 6.09 Å². The molecule has 120 valence electrons. The van der Waals surface area contributed by atoms with Crippen molar-refractivity contribution >= 4 is 35.1 Å². The summed E-state index contributed by atoms with van der Waals surface area (Å²) in [5, 5.41) is 0.723. The van der Waals surface area contributed by atoms with Crippen LogP contribution in [0.4, 0.5) is 4.79 Å². The number of hydrogen-bond donors (Lipinski definition) is 0. The molecule has 22 heavy (non-hydrogen) atoms. The molecule has 0 atom stereocenters. The van der Waals surface area contributed by atoms with Gasteiger partial charge in [0.05, 0.1) is 15.6 Å². The van der Waals surface area contributed by atoms with E-state index in [1.807, 2.05) is 20.8 Å². The number of fused-ring (bicyclic) bond motifs is 1. The van der Waals surface area contributed by atoms with Gasteiger partial charge in [-0.1, -0.05) is 23.2 Å². The fourth-order valence-corrected chi connectivity index (χ4v) is 3.32. The van der Waals surface area contributed by atoms with Crippen molar-refractivity contribution in [1.29, 1.82) is 0 Å². The number of Topliss-reactive ketones (excluding diaryl/α,β-unsaturated/α-hetero) is 1. The first-order valence-corrected chi connectivity index (χ1v) is 7.84. The second-order valence-corrected chi connectivity index (χ2v) is 7.18. The lowest BCUT2D eigenvalue weighted by Gasteiger charge is -2.32. The normalized spacial score (nSPS) is 14.5. The lowest BCUT2D eigenvalue weighted by atomic mass is 9.96. The predicted molar refractivity (Wildman–Crippen MR) is 86.8 cm³/mol. The van der Waals surface area contributed by atoms with Gasteiger partial charge in [-0.3, -0.25) is 4.79 Å². The standard InChI is InChI=1S/C16H19Cl2NO3/c1-9(20)13-12(17)7-10-8-19(6-5-11(10)14(13)18)15(21)22-16(2,3)4/h7H,5-6,8H2,1-4H3. The number of carbonyl (C=O) groups excluding carboxylic acids is 2. The van der Waals surface area contributed by atoms with E-state index in [2.05, 4.69) is 0 Å². The van der Waals surface area contributed by atoms with Gasteiger partial charge in [0.2, 0.25) is 0 Å². The van der Waals surface area contributed by atoms with Crippen molar-refractivity contribution in [3.63, 3.8) is 0 Å². The van der Waals surface area contributed by atoms with Gasteiger partial charge in [0, 0.05) is 13.1 Å². The van der Waals surface area contributed by atoms with Crippen molar-refractivity contribution in [3.05, 3.63) is 32.8 Å². The highest BCUT2D eigenvalue weighted by molar-refractivity contribution is 6.40. The lowest BCUT2D eigenvalue weighted by molar-refractivity contribution is 0.0224. The molecule has 6 heteroatoms. The first-order chi connectivity index (χ1) is 10.1. The van der Waals surface area contributed by atoms with E-state index in [-0.39, 0.29) is 11.9 Å². The Labute approximate surface area is 140 Å². The van der Waals surface area contributed by atoms with Gasteiger partial charge in [0.25, 0.3) is 0 Å². The summed E-state index contributed by atoms with van der Waals surface area (Å²) in [7, 11) is 0. The summed E-state index contributed by atoms with van der Waals surface area (Å²) in [6.45, 7) is 7.80. The summed E-state index contributed by atoms with van der Waals surface area (Å²) in [6, 6.07) is 1.72. The van der Waals surface area contributed by atoms with Crippen molar-refractivity contribution in [3.8, 4) is 0 Å². The zero-order valence-electron chi connectivity index (χ0n) is 13.1. The molecule has 0 fully saturated rings. The van der Waals surface area contributed by atoms with Gasteiger partial charge in [-0.15, -0.1) is 0 Å². The third-order valence-electron chi connectivity index (χ3n) is 3.41. The minimum absolute atomic E-state index is 0.160. The van der Waals surface area contributed by atoms with Gasteiger partial charge in [0.15, 0.2) is 5.78 Å². The summed E-state index contributed by atoms with van der Waals surface area (Å²) in [4.78, 5) is 25.4. The molecule has 1 amide bonds. The molecule has 0 bridgehead atoms. The Balaban J connectivity index is 2.29. The molecule has 1 aliphatic rings. The second kappa shape index (κ2) is 6.09. The highest BCUT2D eigenvalue weighted by Crippen LogP contribution is 2.35. The number of ketones is 1. The molecule has 0 aliphatic carbocycles. The van der Waals surface area contributed by atoms with Crippen LogP contribution in [0.25, 0.3) is 0 Å². The first-order valence-electron chi connectivity index (χ1n) is 7.08. The van der Waals surface area contributed by atoms with E-state index in [1.165, 1.54) is 6.92 Å². The number of amides is 1. The number of rotatable bonds is 1. The van der Waals surface area contributed by atoms with Crippen LogP contribution in [0.1, 0.15) is 49.2 Å². The summed E-state index contributed by atoms with van der Waals surface area (Å²) < 4.78 is 5.38. The lowest BCUT2D eigenvalue weighted by Crippen LogP contribution is -2.40. The molecule has 1 aromatic rings. The third kappa shape index (κ3) is 3.55. The molecule has 1 heterocycles. The van der Waals surface area contributed by atoms with Crippen molar-refractivity contribution < 1.29 is 14.3 Å². The number of benzene rings is 1. The zero-order valence-corrected chi connectivity index (χ0v) is 14.6. The Morgan fingerprint density at radius 2 is 1.91 bits per heavy atom. The zero-order chi connectivity index (χ0) is 16.7. The molecular formula is C16H19Cl2NO3. The van der Waals surface area contributed by atoms with E-state index in [1.54, 1.807) is 11.0 Å². The Kier molecular flexibility index (Phi) is 4.73. The Hall–Kier alpha value is -1.26. The molecule has 0 saturated heterocycles. The average Bonchev–Trinajstić information content (AvgIpc) is 2.35. The number of nitrogens with zero attached hydrogens (tertiary/aromatic N) is 1. The molecule has 0 unspecified atom stereocenters. The van der Waals surface area contributed by atoms with Crippen LogP contribution in [0.15, 0.2) is 6.07 Å². The van der Waals surface area contributed by atoms with Gasteiger partial charge in [-0.05, 0) is 51.3 Å². The van der Waals surface area contributed by atoms with Crippen LogP contribution in [0, 0.1) is 0 Å². The smallest absolute Gasteiger partial charge is 0.410 e. The molecular weight excluding hydrogens is 325 g/mol. The molecule has 0 N–H and O–H groups in total. The fraction of sp³-hybridized carbons (Fsp3) is 0.500. The van der Waals surface area contributed by atoms with E-state index in [9.17, 15) is 9.59 Å². The number of carbonyl (C=O) groups is 2. The molecule has 0 aromatic heterocycles. The van der Waals surface area contributed by atoms with Crippen LogP contribution >= 0.6 is 23.2 Å². The monoisotopic (exact) mass is 343 g/mol. The molecule has 4 nitrogen and oxygen atoms in total. The minimum Gasteiger partial charge on any atom is -0.444 e. The van der Waals surface area contributed by atoms with E-state index in [0.717, 1.165) is 11.1 Å². The molecule has 1 aliphatic heterocycles. The van der Waals surface area contributed by atoms with Crippen molar-refractivity contribution in [2.75, 3.05) is 6.54 Å². The van der Waals surface area contributed by atoms with Gasteiger partial charge < -0.3 is 9.64 Å². The maximum Gasteiger partial charge on any atom is 0.410 e. The Bertz CT molecular complexity index is 635.